The van der Waals surface area contributed by atoms with E-state index in [0.29, 0.717) is 19.6 Å². The van der Waals surface area contributed by atoms with Crippen molar-refractivity contribution in [2.45, 2.75) is 84.7 Å². The highest BCUT2D eigenvalue weighted by Gasteiger charge is 2.18. The van der Waals surface area contributed by atoms with E-state index < -0.39 is 6.10 Å². The maximum absolute atomic E-state index is 12.0. The summed E-state index contributed by atoms with van der Waals surface area (Å²) in [7, 11) is 0. The maximum atomic E-state index is 12.0. The molecular formula is C20H39NO3. The minimum absolute atomic E-state index is 0.198. The molecule has 1 atom stereocenters. The molecule has 4 nitrogen and oxygen atoms in total. The van der Waals surface area contributed by atoms with Crippen LogP contribution in [0.3, 0.4) is 0 Å². The molecule has 0 saturated heterocycles. The molecule has 1 N–H and O–H groups in total. The molecule has 0 heterocycles. The van der Waals surface area contributed by atoms with Crippen LogP contribution in [0.2, 0.25) is 0 Å². The first-order valence-corrected chi connectivity index (χ1v) is 9.90. The molecule has 4 heteroatoms. The van der Waals surface area contributed by atoms with Crippen LogP contribution < -0.4 is 5.32 Å². The van der Waals surface area contributed by atoms with Gasteiger partial charge in [-0.25, -0.2) is 4.79 Å². The normalized spacial score (nSPS) is 12.6. The number of unbranched alkanes of at least 4 members (excludes halogenated alkanes) is 5. The summed E-state index contributed by atoms with van der Waals surface area (Å²) in [5.74, 6) is -0.198. The quantitative estimate of drug-likeness (QED) is 0.238. The van der Waals surface area contributed by atoms with Crippen molar-refractivity contribution in [3.05, 3.63) is 12.2 Å². The molecule has 0 amide bonds. The van der Waals surface area contributed by atoms with Gasteiger partial charge in [-0.1, -0.05) is 45.8 Å². The molecule has 0 rings (SSSR count). The number of carbonyl (C=O) groups excluding carboxylic acids is 1. The highest BCUT2D eigenvalue weighted by Crippen LogP contribution is 2.06. The van der Waals surface area contributed by atoms with Gasteiger partial charge in [-0.05, 0) is 58.0 Å². The van der Waals surface area contributed by atoms with Crippen LogP contribution in [-0.2, 0) is 14.3 Å². The van der Waals surface area contributed by atoms with Crippen molar-refractivity contribution < 1.29 is 14.3 Å². The third kappa shape index (κ3) is 14.7. The van der Waals surface area contributed by atoms with Crippen molar-refractivity contribution in [2.24, 2.45) is 0 Å². The Morgan fingerprint density at radius 1 is 0.958 bits per heavy atom. The minimum atomic E-state index is -0.398. The standard InChI is InChI=1S/C20H39NO3/c1-4-7-8-9-11-14-17-23-19(5-2)20(22)24-18-15-12-10-13-16-21-6-3/h7-8,19,21H,4-6,9-18H2,1-3H3/b8-7-. The third-order valence-corrected chi connectivity index (χ3v) is 3.86. The average Bonchev–Trinajstić information content (AvgIpc) is 2.59. The van der Waals surface area contributed by atoms with Crippen molar-refractivity contribution in [1.29, 1.82) is 0 Å². The molecule has 142 valence electrons. The number of hydrogen-bond acceptors (Lipinski definition) is 4. The maximum Gasteiger partial charge on any atom is 0.335 e. The lowest BCUT2D eigenvalue weighted by atomic mass is 10.2. The Bertz CT molecular complexity index is 305. The van der Waals surface area contributed by atoms with E-state index in [1.54, 1.807) is 0 Å². The lowest BCUT2D eigenvalue weighted by Gasteiger charge is -2.15. The summed E-state index contributed by atoms with van der Waals surface area (Å²) in [5, 5.41) is 3.31. The molecule has 0 aromatic rings. The van der Waals surface area contributed by atoms with Gasteiger partial charge in [-0.15, -0.1) is 0 Å². The minimum Gasteiger partial charge on any atom is -0.464 e. The van der Waals surface area contributed by atoms with Crippen molar-refractivity contribution in [1.82, 2.24) is 5.32 Å². The van der Waals surface area contributed by atoms with Gasteiger partial charge in [0.05, 0.1) is 6.61 Å². The zero-order chi connectivity index (χ0) is 17.9. The van der Waals surface area contributed by atoms with E-state index >= 15 is 0 Å². The Balaban J connectivity index is 3.57. The predicted octanol–water partition coefficient (Wildman–Crippen LogP) is 4.63. The van der Waals surface area contributed by atoms with Gasteiger partial charge in [0.2, 0.25) is 0 Å². The topological polar surface area (TPSA) is 47.6 Å². The summed E-state index contributed by atoms with van der Waals surface area (Å²) in [4.78, 5) is 12.0. The number of rotatable bonds is 17. The molecule has 0 aromatic carbocycles. The molecule has 0 radical (unpaired) electrons. The fourth-order valence-corrected chi connectivity index (χ4v) is 2.38. The van der Waals surface area contributed by atoms with Crippen LogP contribution in [0.15, 0.2) is 12.2 Å². The zero-order valence-electron chi connectivity index (χ0n) is 16.1. The second kappa shape index (κ2) is 18.5. The van der Waals surface area contributed by atoms with E-state index in [-0.39, 0.29) is 5.97 Å². The van der Waals surface area contributed by atoms with Gasteiger partial charge in [0.15, 0.2) is 6.10 Å². The number of nitrogens with one attached hydrogen (secondary N) is 1. The molecule has 0 aliphatic heterocycles. The zero-order valence-corrected chi connectivity index (χ0v) is 16.1. The molecule has 1 unspecified atom stereocenters. The Hall–Kier alpha value is -0.870. The van der Waals surface area contributed by atoms with E-state index in [4.69, 9.17) is 9.47 Å². The molecule has 0 saturated carbocycles. The molecule has 0 aliphatic carbocycles. The number of ether oxygens (including phenoxy) is 2. The van der Waals surface area contributed by atoms with E-state index in [1.807, 2.05) is 6.92 Å². The van der Waals surface area contributed by atoms with E-state index in [1.165, 1.54) is 12.8 Å². The van der Waals surface area contributed by atoms with Crippen molar-refractivity contribution in [3.8, 4) is 0 Å². The van der Waals surface area contributed by atoms with Gasteiger partial charge in [0.1, 0.15) is 0 Å². The summed E-state index contributed by atoms with van der Waals surface area (Å²) >= 11 is 0. The van der Waals surface area contributed by atoms with Crippen LogP contribution in [0.1, 0.15) is 78.6 Å². The van der Waals surface area contributed by atoms with Crippen molar-refractivity contribution in [3.63, 3.8) is 0 Å². The van der Waals surface area contributed by atoms with E-state index in [9.17, 15) is 4.79 Å². The van der Waals surface area contributed by atoms with Gasteiger partial charge >= 0.3 is 5.97 Å². The predicted molar refractivity (Wildman–Crippen MR) is 101 cm³/mol. The summed E-state index contributed by atoms with van der Waals surface area (Å²) in [6.07, 6.45) is 13.4. The van der Waals surface area contributed by atoms with Gasteiger partial charge in [0.25, 0.3) is 0 Å². The fraction of sp³-hybridized carbons (Fsp3) is 0.850. The Morgan fingerprint density at radius 3 is 2.42 bits per heavy atom. The average molecular weight is 342 g/mol. The Kier molecular flexibility index (Phi) is 17.8. The first-order valence-electron chi connectivity index (χ1n) is 9.90. The second-order valence-electron chi connectivity index (χ2n) is 6.08. The highest BCUT2D eigenvalue weighted by atomic mass is 16.6. The van der Waals surface area contributed by atoms with Crippen LogP contribution in [0.25, 0.3) is 0 Å². The van der Waals surface area contributed by atoms with Gasteiger partial charge in [-0.2, -0.15) is 0 Å². The number of allylic oxidation sites excluding steroid dienone is 2. The van der Waals surface area contributed by atoms with Crippen LogP contribution >= 0.6 is 0 Å². The number of esters is 1. The molecule has 0 bridgehead atoms. The molecule has 0 aliphatic rings. The van der Waals surface area contributed by atoms with Gasteiger partial charge < -0.3 is 14.8 Å². The highest BCUT2D eigenvalue weighted by molar-refractivity contribution is 5.74. The molecular weight excluding hydrogens is 302 g/mol. The van der Waals surface area contributed by atoms with E-state index in [2.05, 4.69) is 31.3 Å². The van der Waals surface area contributed by atoms with Crippen LogP contribution in [0.4, 0.5) is 0 Å². The van der Waals surface area contributed by atoms with Crippen molar-refractivity contribution >= 4 is 5.97 Å². The largest absolute Gasteiger partial charge is 0.464 e. The first-order chi connectivity index (χ1) is 11.8. The van der Waals surface area contributed by atoms with Crippen molar-refractivity contribution in [2.75, 3.05) is 26.3 Å². The smallest absolute Gasteiger partial charge is 0.335 e. The summed E-state index contributed by atoms with van der Waals surface area (Å²) in [6, 6.07) is 0. The number of carbonyl (C=O) groups is 1. The van der Waals surface area contributed by atoms with Crippen LogP contribution in [0.5, 0.6) is 0 Å². The molecule has 24 heavy (non-hydrogen) atoms. The van der Waals surface area contributed by atoms with Crippen LogP contribution in [-0.4, -0.2) is 38.4 Å². The molecule has 0 spiro atoms. The summed E-state index contributed by atoms with van der Waals surface area (Å²) < 4.78 is 11.0. The second-order valence-corrected chi connectivity index (χ2v) is 6.08. The fourth-order valence-electron chi connectivity index (χ4n) is 2.38. The first kappa shape index (κ1) is 23.1. The van der Waals surface area contributed by atoms with Gasteiger partial charge in [-0.3, -0.25) is 0 Å². The monoisotopic (exact) mass is 341 g/mol. The third-order valence-electron chi connectivity index (χ3n) is 3.86. The van der Waals surface area contributed by atoms with Crippen LogP contribution in [0, 0.1) is 0 Å². The number of hydrogen-bond donors (Lipinski definition) is 1. The van der Waals surface area contributed by atoms with Gasteiger partial charge in [0, 0.05) is 6.61 Å². The molecule has 0 aromatic heterocycles. The SMILES string of the molecule is CC/C=C\CCCCOC(CC)C(=O)OCCCCCCNCC. The Labute approximate surface area is 149 Å². The van der Waals surface area contributed by atoms with E-state index in [0.717, 1.165) is 51.6 Å². The molecule has 0 fully saturated rings. The Morgan fingerprint density at radius 2 is 1.71 bits per heavy atom. The lowest BCUT2D eigenvalue weighted by Crippen LogP contribution is -2.26. The summed E-state index contributed by atoms with van der Waals surface area (Å²) in [5.41, 5.74) is 0. The summed E-state index contributed by atoms with van der Waals surface area (Å²) in [6.45, 7) is 9.49. The lowest BCUT2D eigenvalue weighted by molar-refractivity contribution is -0.157.